The van der Waals surface area contributed by atoms with Crippen LogP contribution in [0.5, 0.6) is 0 Å². The van der Waals surface area contributed by atoms with E-state index in [1.54, 1.807) is 6.92 Å². The third kappa shape index (κ3) is 3.99. The number of benzene rings is 1. The first-order chi connectivity index (χ1) is 11.0. The molecular formula is C19H27NO3. The van der Waals surface area contributed by atoms with Crippen molar-refractivity contribution in [3.63, 3.8) is 0 Å². The number of hydrogen-bond donors (Lipinski definition) is 1. The van der Waals surface area contributed by atoms with Crippen LogP contribution in [-0.4, -0.2) is 24.5 Å². The summed E-state index contributed by atoms with van der Waals surface area (Å²) in [4.78, 5) is 21.8. The second-order valence-electron chi connectivity index (χ2n) is 6.87. The number of rotatable bonds is 6. The highest BCUT2D eigenvalue weighted by atomic mass is 16.6. The Kier molecular flexibility index (Phi) is 5.94. The van der Waals surface area contributed by atoms with Gasteiger partial charge in [-0.05, 0) is 49.5 Å². The molecular weight excluding hydrogens is 290 g/mol. The van der Waals surface area contributed by atoms with Crippen LogP contribution in [0.15, 0.2) is 30.3 Å². The number of hydrogen-bond acceptors (Lipinski definition) is 4. The number of carbonyl (C=O) groups is 2. The molecule has 1 atom stereocenters. The summed E-state index contributed by atoms with van der Waals surface area (Å²) >= 11 is 0. The molecule has 0 bridgehead atoms. The third-order valence-corrected chi connectivity index (χ3v) is 5.34. The summed E-state index contributed by atoms with van der Waals surface area (Å²) < 4.78 is 4.41. The average Bonchev–Trinajstić information content (AvgIpc) is 2.56. The van der Waals surface area contributed by atoms with E-state index in [1.165, 1.54) is 5.56 Å². The van der Waals surface area contributed by atoms with Crippen molar-refractivity contribution in [1.29, 1.82) is 0 Å². The third-order valence-electron chi connectivity index (χ3n) is 5.34. The molecule has 2 rings (SSSR count). The van der Waals surface area contributed by atoms with Crippen molar-refractivity contribution in [2.45, 2.75) is 64.0 Å². The minimum Gasteiger partial charge on any atom is -0.394 e. The van der Waals surface area contributed by atoms with Gasteiger partial charge >= 0.3 is 12.4 Å². The van der Waals surface area contributed by atoms with Crippen LogP contribution < -0.4 is 5.32 Å². The number of ether oxygens (including phenoxy) is 1. The lowest BCUT2D eigenvalue weighted by Gasteiger charge is -2.44. The van der Waals surface area contributed by atoms with Gasteiger partial charge in [-0.2, -0.15) is 0 Å². The van der Waals surface area contributed by atoms with Gasteiger partial charge in [-0.3, -0.25) is 4.79 Å². The lowest BCUT2D eigenvalue weighted by Crippen LogP contribution is -2.47. The zero-order chi connectivity index (χ0) is 16.9. The Hall–Kier alpha value is -1.68. The van der Waals surface area contributed by atoms with Gasteiger partial charge in [0.1, 0.15) is 6.04 Å². The van der Waals surface area contributed by atoms with Gasteiger partial charge in [0.25, 0.3) is 0 Å². The zero-order valence-corrected chi connectivity index (χ0v) is 14.2. The molecule has 4 nitrogen and oxygen atoms in total. The molecule has 0 amide bonds. The molecule has 0 unspecified atom stereocenters. The summed E-state index contributed by atoms with van der Waals surface area (Å²) in [5.74, 6) is 0.0621. The van der Waals surface area contributed by atoms with E-state index in [-0.39, 0.29) is 11.9 Å². The highest BCUT2D eigenvalue weighted by Gasteiger charge is 2.39. The van der Waals surface area contributed by atoms with Crippen LogP contribution >= 0.6 is 0 Å². The Morgan fingerprint density at radius 1 is 1.22 bits per heavy atom. The first kappa shape index (κ1) is 17.7. The van der Waals surface area contributed by atoms with Crippen LogP contribution in [0.4, 0.5) is 0 Å². The molecule has 0 spiro atoms. The summed E-state index contributed by atoms with van der Waals surface area (Å²) in [5.41, 5.74) is 1.63. The summed E-state index contributed by atoms with van der Waals surface area (Å²) in [6, 6.07) is 10.6. The van der Waals surface area contributed by atoms with E-state index < -0.39 is 12.0 Å². The molecule has 0 aliphatic heterocycles. The van der Waals surface area contributed by atoms with Crippen LogP contribution in [0.3, 0.4) is 0 Å². The Morgan fingerprint density at radius 2 is 1.83 bits per heavy atom. The predicted octanol–water partition coefficient (Wildman–Crippen LogP) is 3.20. The maximum absolute atomic E-state index is 11.6. The minimum atomic E-state index is -0.510. The van der Waals surface area contributed by atoms with E-state index in [4.69, 9.17) is 0 Å². The molecule has 0 saturated heterocycles. The lowest BCUT2D eigenvalue weighted by atomic mass is 9.62. The fourth-order valence-corrected chi connectivity index (χ4v) is 3.84. The molecule has 1 saturated carbocycles. The van der Waals surface area contributed by atoms with Crippen molar-refractivity contribution in [3.8, 4) is 0 Å². The van der Waals surface area contributed by atoms with E-state index in [2.05, 4.69) is 54.2 Å². The smallest absolute Gasteiger partial charge is 0.330 e. The van der Waals surface area contributed by atoms with E-state index >= 15 is 0 Å². The van der Waals surface area contributed by atoms with E-state index in [0.29, 0.717) is 12.0 Å². The average molecular weight is 317 g/mol. The molecule has 0 radical (unpaired) electrons. The van der Waals surface area contributed by atoms with Crippen molar-refractivity contribution < 1.29 is 14.3 Å². The minimum absolute atomic E-state index is 0.195. The van der Waals surface area contributed by atoms with Gasteiger partial charge < -0.3 is 10.1 Å². The molecule has 1 aliphatic carbocycles. The Bertz CT molecular complexity index is 519. The van der Waals surface area contributed by atoms with Crippen LogP contribution in [0, 0.1) is 5.92 Å². The van der Waals surface area contributed by atoms with Gasteiger partial charge in [-0.1, -0.05) is 44.2 Å². The van der Waals surface area contributed by atoms with Crippen molar-refractivity contribution in [2.24, 2.45) is 5.92 Å². The summed E-state index contributed by atoms with van der Waals surface area (Å²) in [6.45, 7) is 6.53. The molecule has 1 aromatic carbocycles. The Balaban J connectivity index is 2.01. The second-order valence-corrected chi connectivity index (χ2v) is 6.87. The van der Waals surface area contributed by atoms with Crippen molar-refractivity contribution in [2.75, 3.05) is 0 Å². The highest BCUT2D eigenvalue weighted by Crippen LogP contribution is 2.45. The molecule has 1 aliphatic rings. The first-order valence-corrected chi connectivity index (χ1v) is 8.45. The molecule has 23 heavy (non-hydrogen) atoms. The molecule has 1 fully saturated rings. The van der Waals surface area contributed by atoms with Crippen LogP contribution in [0.25, 0.3) is 0 Å². The summed E-state index contributed by atoms with van der Waals surface area (Å²) in [6.07, 6.45) is 4.24. The predicted molar refractivity (Wildman–Crippen MR) is 90.0 cm³/mol. The molecule has 1 aromatic rings. The van der Waals surface area contributed by atoms with Crippen molar-refractivity contribution >= 4 is 12.4 Å². The standard InChI is InChI=1S/C19H27NO3/c1-14(2)19(16-7-5-4-6-8-16)11-9-17(10-12-19)20-15(3)18(22)23-13-21/h4-8,13-15,17,20H,9-12H2,1-3H3/t15-,17?,19?/m0/s1. The van der Waals surface area contributed by atoms with Crippen LogP contribution in [0.1, 0.15) is 52.0 Å². The fourth-order valence-electron chi connectivity index (χ4n) is 3.84. The molecule has 1 N–H and O–H groups in total. The number of carbonyl (C=O) groups excluding carboxylic acids is 2. The van der Waals surface area contributed by atoms with Crippen molar-refractivity contribution in [1.82, 2.24) is 5.32 Å². The largest absolute Gasteiger partial charge is 0.394 e. The number of esters is 1. The lowest BCUT2D eigenvalue weighted by molar-refractivity contribution is -0.153. The maximum Gasteiger partial charge on any atom is 0.330 e. The fraction of sp³-hybridized carbons (Fsp3) is 0.579. The molecule has 0 heterocycles. The normalized spacial score (nSPS) is 25.8. The number of nitrogens with one attached hydrogen (secondary N) is 1. The Morgan fingerprint density at radius 3 is 2.35 bits per heavy atom. The van der Waals surface area contributed by atoms with Crippen LogP contribution in [0.2, 0.25) is 0 Å². The van der Waals surface area contributed by atoms with E-state index in [0.717, 1.165) is 25.7 Å². The van der Waals surface area contributed by atoms with E-state index in [1.807, 2.05) is 0 Å². The van der Waals surface area contributed by atoms with Crippen molar-refractivity contribution in [3.05, 3.63) is 35.9 Å². The SMILES string of the molecule is CC(C)C1(c2ccccc2)CCC(N[C@@H](C)C(=O)OC=O)CC1. The zero-order valence-electron chi connectivity index (χ0n) is 14.2. The van der Waals surface area contributed by atoms with Gasteiger partial charge in [-0.25, -0.2) is 4.79 Å². The summed E-state index contributed by atoms with van der Waals surface area (Å²) in [5, 5.41) is 3.30. The quantitative estimate of drug-likeness (QED) is 0.497. The summed E-state index contributed by atoms with van der Waals surface area (Å²) in [7, 11) is 0. The Labute approximate surface area is 138 Å². The van der Waals surface area contributed by atoms with Gasteiger partial charge in [0.2, 0.25) is 0 Å². The first-order valence-electron chi connectivity index (χ1n) is 8.45. The highest BCUT2D eigenvalue weighted by molar-refractivity contribution is 5.80. The van der Waals surface area contributed by atoms with E-state index in [9.17, 15) is 9.59 Å². The van der Waals surface area contributed by atoms with Crippen LogP contribution in [-0.2, 0) is 19.7 Å². The molecule has 126 valence electrons. The topological polar surface area (TPSA) is 55.4 Å². The van der Waals surface area contributed by atoms with Gasteiger partial charge in [-0.15, -0.1) is 0 Å². The molecule has 0 aromatic heterocycles. The maximum atomic E-state index is 11.6. The van der Waals surface area contributed by atoms with Gasteiger partial charge in [0.05, 0.1) is 0 Å². The second kappa shape index (κ2) is 7.73. The van der Waals surface area contributed by atoms with Gasteiger partial charge in [0.15, 0.2) is 0 Å². The monoisotopic (exact) mass is 317 g/mol. The van der Waals surface area contributed by atoms with Gasteiger partial charge in [0, 0.05) is 6.04 Å². The molecule has 4 heteroatoms.